The second kappa shape index (κ2) is 12.1. The van der Waals surface area contributed by atoms with Gasteiger partial charge in [0.15, 0.2) is 6.61 Å². The number of carbonyl (C=O) groups is 2. The lowest BCUT2D eigenvalue weighted by atomic mass is 9.99. The molecule has 1 aliphatic heterocycles. The minimum absolute atomic E-state index is 0.0323. The number of hydrogen-bond acceptors (Lipinski definition) is 5. The average molecular weight is 475 g/mol. The van der Waals surface area contributed by atoms with Gasteiger partial charge in [0.2, 0.25) is 5.91 Å². The molecule has 0 aliphatic carbocycles. The van der Waals surface area contributed by atoms with Crippen LogP contribution in [-0.2, 0) is 20.7 Å². The molecule has 7 heteroatoms. The van der Waals surface area contributed by atoms with Gasteiger partial charge >= 0.3 is 0 Å². The second-order valence-electron chi connectivity index (χ2n) is 8.48. The highest BCUT2D eigenvalue weighted by Gasteiger charge is 2.34. The Morgan fingerprint density at radius 1 is 1.03 bits per heavy atom. The number of nitrogens with zero attached hydrogens (tertiary/aromatic N) is 1. The SMILES string of the molecule is O=C(COc1ccccc1)Nc1ccc([C@@H](O)[C@H]2COCC(=O)N2CCCc2ccccc2)cc1. The number of hydrogen-bond donors (Lipinski definition) is 2. The third-order valence-corrected chi connectivity index (χ3v) is 5.96. The molecule has 7 nitrogen and oxygen atoms in total. The van der Waals surface area contributed by atoms with Crippen molar-refractivity contribution in [2.45, 2.75) is 25.0 Å². The Bertz CT molecular complexity index is 1090. The van der Waals surface area contributed by atoms with Crippen LogP contribution >= 0.6 is 0 Å². The molecular weight excluding hydrogens is 444 g/mol. The van der Waals surface area contributed by atoms with Crippen molar-refractivity contribution in [1.29, 1.82) is 0 Å². The third-order valence-electron chi connectivity index (χ3n) is 5.96. The monoisotopic (exact) mass is 474 g/mol. The molecule has 182 valence electrons. The summed E-state index contributed by atoms with van der Waals surface area (Å²) in [6.07, 6.45) is 0.758. The predicted molar refractivity (Wildman–Crippen MR) is 133 cm³/mol. The smallest absolute Gasteiger partial charge is 0.262 e. The number of ether oxygens (including phenoxy) is 2. The molecule has 3 aromatic rings. The Labute approximate surface area is 205 Å². The van der Waals surface area contributed by atoms with Gasteiger partial charge in [0.1, 0.15) is 18.5 Å². The molecule has 0 bridgehead atoms. The number of carbonyl (C=O) groups excluding carboxylic acids is 2. The summed E-state index contributed by atoms with van der Waals surface area (Å²) >= 11 is 0. The lowest BCUT2D eigenvalue weighted by Gasteiger charge is -2.38. The van der Waals surface area contributed by atoms with Crippen molar-refractivity contribution >= 4 is 17.5 Å². The molecule has 2 atom stereocenters. The molecule has 0 saturated carbocycles. The predicted octanol–water partition coefficient (Wildman–Crippen LogP) is 3.60. The summed E-state index contributed by atoms with van der Waals surface area (Å²) in [5.74, 6) is 0.229. The Morgan fingerprint density at radius 3 is 2.43 bits per heavy atom. The van der Waals surface area contributed by atoms with Crippen LogP contribution < -0.4 is 10.1 Å². The first kappa shape index (κ1) is 24.4. The van der Waals surface area contributed by atoms with Gasteiger partial charge in [-0.3, -0.25) is 9.59 Å². The van der Waals surface area contributed by atoms with Crippen LogP contribution in [0.4, 0.5) is 5.69 Å². The Hall–Kier alpha value is -3.68. The Balaban J connectivity index is 1.32. The first-order chi connectivity index (χ1) is 17.1. The molecule has 0 unspecified atom stereocenters. The maximum Gasteiger partial charge on any atom is 0.262 e. The van der Waals surface area contributed by atoms with Crippen LogP contribution in [0, 0.1) is 0 Å². The topological polar surface area (TPSA) is 88.1 Å². The van der Waals surface area contributed by atoms with E-state index >= 15 is 0 Å². The van der Waals surface area contributed by atoms with Crippen LogP contribution in [0.5, 0.6) is 5.75 Å². The fourth-order valence-corrected chi connectivity index (χ4v) is 4.12. The largest absolute Gasteiger partial charge is 0.484 e. The number of aliphatic hydroxyl groups is 1. The summed E-state index contributed by atoms with van der Waals surface area (Å²) in [6.45, 7) is 0.750. The zero-order valence-corrected chi connectivity index (χ0v) is 19.5. The highest BCUT2D eigenvalue weighted by Crippen LogP contribution is 2.26. The molecule has 0 spiro atoms. The number of para-hydroxylation sites is 1. The van der Waals surface area contributed by atoms with Crippen LogP contribution in [0.2, 0.25) is 0 Å². The number of nitrogens with one attached hydrogen (secondary N) is 1. The normalized spacial score (nSPS) is 16.5. The lowest BCUT2D eigenvalue weighted by Crippen LogP contribution is -2.52. The van der Waals surface area contributed by atoms with Gasteiger partial charge in [0.25, 0.3) is 5.91 Å². The molecular formula is C28H30N2O5. The minimum Gasteiger partial charge on any atom is -0.484 e. The average Bonchev–Trinajstić information content (AvgIpc) is 2.90. The van der Waals surface area contributed by atoms with Crippen molar-refractivity contribution in [3.05, 3.63) is 96.1 Å². The quantitative estimate of drug-likeness (QED) is 0.469. The fraction of sp³-hybridized carbons (Fsp3) is 0.286. The summed E-state index contributed by atoms with van der Waals surface area (Å²) < 4.78 is 10.9. The van der Waals surface area contributed by atoms with E-state index in [0.29, 0.717) is 23.5 Å². The molecule has 0 aromatic heterocycles. The van der Waals surface area contributed by atoms with Gasteiger partial charge in [-0.1, -0.05) is 60.7 Å². The summed E-state index contributed by atoms with van der Waals surface area (Å²) in [5, 5.41) is 13.8. The molecule has 0 radical (unpaired) electrons. The van der Waals surface area contributed by atoms with E-state index < -0.39 is 12.1 Å². The van der Waals surface area contributed by atoms with E-state index in [0.717, 1.165) is 12.8 Å². The second-order valence-corrected chi connectivity index (χ2v) is 8.48. The molecule has 1 fully saturated rings. The number of aliphatic hydroxyl groups excluding tert-OH is 1. The van der Waals surface area contributed by atoms with Gasteiger partial charge in [-0.05, 0) is 48.2 Å². The maximum absolute atomic E-state index is 12.6. The zero-order valence-electron chi connectivity index (χ0n) is 19.5. The highest BCUT2D eigenvalue weighted by atomic mass is 16.5. The van der Waals surface area contributed by atoms with Gasteiger partial charge in [0.05, 0.1) is 12.6 Å². The molecule has 1 heterocycles. The fourth-order valence-electron chi connectivity index (χ4n) is 4.12. The van der Waals surface area contributed by atoms with Gasteiger partial charge in [-0.15, -0.1) is 0 Å². The number of aryl methyl sites for hydroxylation is 1. The first-order valence-electron chi connectivity index (χ1n) is 11.8. The van der Waals surface area contributed by atoms with E-state index in [2.05, 4.69) is 17.4 Å². The van der Waals surface area contributed by atoms with Crippen LogP contribution in [0.3, 0.4) is 0 Å². The minimum atomic E-state index is -0.901. The van der Waals surface area contributed by atoms with E-state index in [-0.39, 0.29) is 31.6 Å². The highest BCUT2D eigenvalue weighted by molar-refractivity contribution is 5.91. The maximum atomic E-state index is 12.6. The zero-order chi connectivity index (χ0) is 24.5. The molecule has 3 aromatic carbocycles. The summed E-state index contributed by atoms with van der Waals surface area (Å²) in [4.78, 5) is 26.5. The standard InChI is InChI=1S/C28H30N2O5/c31-26(19-35-24-11-5-2-6-12-24)29-23-15-13-22(14-16-23)28(33)25-18-34-20-27(32)30(25)17-7-10-21-8-3-1-4-9-21/h1-6,8-9,11-16,25,28,33H,7,10,17-20H2,(H,29,31)/t25-,28-/m1/s1. The van der Waals surface area contributed by atoms with E-state index in [1.807, 2.05) is 36.4 Å². The summed E-state index contributed by atoms with van der Waals surface area (Å²) in [6, 6.07) is 25.7. The number of morpholine rings is 1. The molecule has 1 aliphatic rings. The van der Waals surface area contributed by atoms with Gasteiger partial charge in [-0.2, -0.15) is 0 Å². The van der Waals surface area contributed by atoms with Crippen molar-refractivity contribution < 1.29 is 24.2 Å². The third kappa shape index (κ3) is 6.91. The number of rotatable bonds is 10. The van der Waals surface area contributed by atoms with E-state index in [9.17, 15) is 14.7 Å². The van der Waals surface area contributed by atoms with Gasteiger partial charge in [0, 0.05) is 12.2 Å². The number of anilines is 1. The Kier molecular flexibility index (Phi) is 8.48. The molecule has 35 heavy (non-hydrogen) atoms. The van der Waals surface area contributed by atoms with Gasteiger partial charge < -0.3 is 24.8 Å². The lowest BCUT2D eigenvalue weighted by molar-refractivity contribution is -0.154. The molecule has 2 N–H and O–H groups in total. The molecule has 1 saturated heterocycles. The van der Waals surface area contributed by atoms with Crippen molar-refractivity contribution in [1.82, 2.24) is 4.90 Å². The van der Waals surface area contributed by atoms with Crippen molar-refractivity contribution in [2.24, 2.45) is 0 Å². The first-order valence-corrected chi connectivity index (χ1v) is 11.8. The van der Waals surface area contributed by atoms with Crippen molar-refractivity contribution in [2.75, 3.05) is 31.7 Å². The van der Waals surface area contributed by atoms with E-state index in [4.69, 9.17) is 9.47 Å². The number of amides is 2. The van der Waals surface area contributed by atoms with Crippen molar-refractivity contribution in [3.8, 4) is 5.75 Å². The van der Waals surface area contributed by atoms with Crippen molar-refractivity contribution in [3.63, 3.8) is 0 Å². The summed E-state index contributed by atoms with van der Waals surface area (Å²) in [5.41, 5.74) is 2.47. The number of benzene rings is 3. The summed E-state index contributed by atoms with van der Waals surface area (Å²) in [7, 11) is 0. The van der Waals surface area contributed by atoms with Gasteiger partial charge in [-0.25, -0.2) is 0 Å². The van der Waals surface area contributed by atoms with Crippen LogP contribution in [0.15, 0.2) is 84.9 Å². The van der Waals surface area contributed by atoms with Crippen LogP contribution in [0.25, 0.3) is 0 Å². The van der Waals surface area contributed by atoms with E-state index in [1.54, 1.807) is 41.3 Å². The van der Waals surface area contributed by atoms with Crippen LogP contribution in [0.1, 0.15) is 23.7 Å². The van der Waals surface area contributed by atoms with E-state index in [1.165, 1.54) is 5.56 Å². The molecule has 4 rings (SSSR count). The Morgan fingerprint density at radius 2 is 1.71 bits per heavy atom. The van der Waals surface area contributed by atoms with Crippen LogP contribution in [-0.4, -0.2) is 54.2 Å². The molecule has 2 amide bonds.